The number of nitriles is 1. The van der Waals surface area contributed by atoms with Crippen molar-refractivity contribution in [3.8, 4) is 6.07 Å². The van der Waals surface area contributed by atoms with Crippen LogP contribution in [0.15, 0.2) is 22.8 Å². The van der Waals surface area contributed by atoms with E-state index in [0.29, 0.717) is 5.69 Å². The summed E-state index contributed by atoms with van der Waals surface area (Å²) in [6, 6.07) is 5.09. The van der Waals surface area contributed by atoms with Gasteiger partial charge in [0.25, 0.3) is 0 Å². The highest BCUT2D eigenvalue weighted by Gasteiger charge is 2.04. The van der Waals surface area contributed by atoms with E-state index in [1.54, 1.807) is 18.2 Å². The summed E-state index contributed by atoms with van der Waals surface area (Å²) in [7, 11) is 0. The Balaban J connectivity index is 2.84. The van der Waals surface area contributed by atoms with Gasteiger partial charge in [-0.15, -0.1) is 0 Å². The van der Waals surface area contributed by atoms with Crippen LogP contribution in [0, 0.1) is 11.3 Å². The van der Waals surface area contributed by atoms with Gasteiger partial charge in [0, 0.05) is 10.7 Å². The summed E-state index contributed by atoms with van der Waals surface area (Å²) >= 11 is 3.19. The summed E-state index contributed by atoms with van der Waals surface area (Å²) in [6.45, 7) is 0. The first-order valence-electron chi connectivity index (χ1n) is 3.25. The molecule has 0 saturated heterocycles. The van der Waals surface area contributed by atoms with E-state index in [1.165, 1.54) is 6.20 Å². The molecule has 0 aliphatic rings. The number of hydrogen-bond acceptors (Lipinski definition) is 3. The molecule has 0 saturated carbocycles. The monoisotopic (exact) mass is 224 g/mol. The smallest absolute Gasteiger partial charge is 0.195 e. The SMILES string of the molecule is N#CCC(=O)c1ccc(Br)cn1. The number of ketones is 1. The zero-order valence-electron chi connectivity index (χ0n) is 6.12. The molecule has 3 nitrogen and oxygen atoms in total. The molecule has 1 aromatic rings. The van der Waals surface area contributed by atoms with Crippen LogP contribution < -0.4 is 0 Å². The first-order valence-corrected chi connectivity index (χ1v) is 4.05. The molecule has 4 heteroatoms. The Kier molecular flexibility index (Phi) is 2.94. The minimum absolute atomic E-state index is 0.116. The number of halogens is 1. The number of nitrogens with zero attached hydrogens (tertiary/aromatic N) is 2. The van der Waals surface area contributed by atoms with Crippen LogP contribution in [0.3, 0.4) is 0 Å². The molecule has 0 aromatic carbocycles. The molecule has 0 fully saturated rings. The number of hydrogen-bond donors (Lipinski definition) is 0. The van der Waals surface area contributed by atoms with Crippen LogP contribution in [-0.2, 0) is 0 Å². The van der Waals surface area contributed by atoms with Crippen LogP contribution in [0.4, 0.5) is 0 Å². The fourth-order valence-corrected chi connectivity index (χ4v) is 0.938. The maximum absolute atomic E-state index is 11.1. The van der Waals surface area contributed by atoms with Gasteiger partial charge in [0.1, 0.15) is 12.1 Å². The highest BCUT2D eigenvalue weighted by molar-refractivity contribution is 9.10. The molecule has 12 heavy (non-hydrogen) atoms. The molecule has 0 unspecified atom stereocenters. The second-order valence-electron chi connectivity index (χ2n) is 2.12. The van der Waals surface area contributed by atoms with Crippen molar-refractivity contribution in [3.05, 3.63) is 28.5 Å². The highest BCUT2D eigenvalue weighted by atomic mass is 79.9. The van der Waals surface area contributed by atoms with E-state index in [-0.39, 0.29) is 12.2 Å². The summed E-state index contributed by atoms with van der Waals surface area (Å²) < 4.78 is 0.816. The lowest BCUT2D eigenvalue weighted by atomic mass is 10.2. The Hall–Kier alpha value is -1.21. The van der Waals surface area contributed by atoms with Gasteiger partial charge in [-0.05, 0) is 28.1 Å². The third kappa shape index (κ3) is 2.14. The normalized spacial score (nSPS) is 9.00. The van der Waals surface area contributed by atoms with Gasteiger partial charge in [-0.1, -0.05) is 0 Å². The van der Waals surface area contributed by atoms with Gasteiger partial charge in [0.2, 0.25) is 0 Å². The first kappa shape index (κ1) is 8.88. The summed E-state index contributed by atoms with van der Waals surface area (Å²) in [5.41, 5.74) is 0.333. The molecular weight excluding hydrogens is 220 g/mol. The summed E-state index contributed by atoms with van der Waals surface area (Å²) in [5, 5.41) is 8.24. The summed E-state index contributed by atoms with van der Waals surface area (Å²) in [5.74, 6) is -0.245. The molecule has 0 radical (unpaired) electrons. The molecule has 1 heterocycles. The first-order chi connectivity index (χ1) is 5.74. The van der Waals surface area contributed by atoms with Crippen LogP contribution in [0.25, 0.3) is 0 Å². The zero-order valence-corrected chi connectivity index (χ0v) is 7.71. The maximum atomic E-state index is 11.1. The number of carbonyl (C=O) groups excluding carboxylic acids is 1. The van der Waals surface area contributed by atoms with E-state index >= 15 is 0 Å². The van der Waals surface area contributed by atoms with E-state index in [0.717, 1.165) is 4.47 Å². The molecule has 0 bridgehead atoms. The molecule has 0 atom stereocenters. The van der Waals surface area contributed by atoms with E-state index in [9.17, 15) is 4.79 Å². The number of Topliss-reactive ketones (excluding diaryl/α,β-unsaturated/α-hetero) is 1. The molecule has 0 aliphatic carbocycles. The second-order valence-corrected chi connectivity index (χ2v) is 3.04. The molecule has 0 N–H and O–H groups in total. The number of carbonyl (C=O) groups is 1. The number of pyridine rings is 1. The van der Waals surface area contributed by atoms with Crippen molar-refractivity contribution in [2.24, 2.45) is 0 Å². The van der Waals surface area contributed by atoms with Crippen molar-refractivity contribution in [1.82, 2.24) is 4.98 Å². The van der Waals surface area contributed by atoms with Gasteiger partial charge in [0.15, 0.2) is 5.78 Å². The predicted octanol–water partition coefficient (Wildman–Crippen LogP) is 1.94. The van der Waals surface area contributed by atoms with Gasteiger partial charge in [-0.2, -0.15) is 5.26 Å². The van der Waals surface area contributed by atoms with Crippen molar-refractivity contribution in [2.75, 3.05) is 0 Å². The molecule has 0 spiro atoms. The quantitative estimate of drug-likeness (QED) is 0.722. The third-order valence-corrected chi connectivity index (χ3v) is 1.72. The Labute approximate surface area is 78.2 Å². The van der Waals surface area contributed by atoms with Crippen molar-refractivity contribution >= 4 is 21.7 Å². The fourth-order valence-electron chi connectivity index (χ4n) is 0.703. The second kappa shape index (κ2) is 3.98. The third-order valence-electron chi connectivity index (χ3n) is 1.25. The largest absolute Gasteiger partial charge is 0.291 e. The van der Waals surface area contributed by atoms with Crippen molar-refractivity contribution < 1.29 is 4.79 Å². The zero-order chi connectivity index (χ0) is 8.97. The molecule has 0 aliphatic heterocycles. The molecule has 60 valence electrons. The Morgan fingerprint density at radius 2 is 2.42 bits per heavy atom. The average Bonchev–Trinajstić information content (AvgIpc) is 2.06. The summed E-state index contributed by atoms with van der Waals surface area (Å²) in [4.78, 5) is 14.9. The van der Waals surface area contributed by atoms with E-state index in [1.807, 2.05) is 0 Å². The average molecular weight is 225 g/mol. The van der Waals surface area contributed by atoms with E-state index in [2.05, 4.69) is 20.9 Å². The maximum Gasteiger partial charge on any atom is 0.195 e. The lowest BCUT2D eigenvalue weighted by Gasteiger charge is -1.94. The summed E-state index contributed by atoms with van der Waals surface area (Å²) in [6.07, 6.45) is 1.42. The molecular formula is C8H5BrN2O. The van der Waals surface area contributed by atoms with Crippen LogP contribution in [-0.4, -0.2) is 10.8 Å². The molecule has 0 amide bonds. The number of aromatic nitrogens is 1. The Bertz CT molecular complexity index is 326. The lowest BCUT2D eigenvalue weighted by Crippen LogP contribution is -1.99. The minimum atomic E-state index is -0.245. The Morgan fingerprint density at radius 1 is 1.67 bits per heavy atom. The van der Waals surface area contributed by atoms with Crippen LogP contribution in [0.1, 0.15) is 16.9 Å². The molecule has 1 aromatic heterocycles. The van der Waals surface area contributed by atoms with Crippen molar-refractivity contribution in [1.29, 1.82) is 5.26 Å². The lowest BCUT2D eigenvalue weighted by molar-refractivity contribution is 0.0993. The number of rotatable bonds is 2. The van der Waals surface area contributed by atoms with Crippen LogP contribution in [0.5, 0.6) is 0 Å². The predicted molar refractivity (Wildman–Crippen MR) is 46.5 cm³/mol. The van der Waals surface area contributed by atoms with E-state index in [4.69, 9.17) is 5.26 Å². The Morgan fingerprint density at radius 3 is 2.92 bits per heavy atom. The van der Waals surface area contributed by atoms with Crippen LogP contribution in [0.2, 0.25) is 0 Å². The molecule has 1 rings (SSSR count). The standard InChI is InChI=1S/C8H5BrN2O/c9-6-1-2-7(11-5-6)8(12)3-4-10/h1-2,5H,3H2. The fraction of sp³-hybridized carbons (Fsp3) is 0.125. The van der Waals surface area contributed by atoms with Crippen LogP contribution >= 0.6 is 15.9 Å². The van der Waals surface area contributed by atoms with Gasteiger partial charge >= 0.3 is 0 Å². The highest BCUT2D eigenvalue weighted by Crippen LogP contribution is 2.08. The van der Waals surface area contributed by atoms with Crippen molar-refractivity contribution in [3.63, 3.8) is 0 Å². The van der Waals surface area contributed by atoms with Gasteiger partial charge in [-0.3, -0.25) is 9.78 Å². The van der Waals surface area contributed by atoms with Gasteiger partial charge in [-0.25, -0.2) is 0 Å². The van der Waals surface area contributed by atoms with Gasteiger partial charge < -0.3 is 0 Å². The minimum Gasteiger partial charge on any atom is -0.291 e. The van der Waals surface area contributed by atoms with Crippen molar-refractivity contribution in [2.45, 2.75) is 6.42 Å². The van der Waals surface area contributed by atoms with E-state index < -0.39 is 0 Å². The topological polar surface area (TPSA) is 53.8 Å². The van der Waals surface area contributed by atoms with Gasteiger partial charge in [0.05, 0.1) is 6.07 Å².